The highest BCUT2D eigenvalue weighted by molar-refractivity contribution is 7.89. The predicted molar refractivity (Wildman–Crippen MR) is 93.0 cm³/mol. The number of ketones is 1. The second-order valence-electron chi connectivity index (χ2n) is 5.89. The number of rotatable bonds is 3. The third kappa shape index (κ3) is 3.32. The maximum atomic E-state index is 13.1. The average molecular weight is 341 g/mol. The van der Waals surface area contributed by atoms with Gasteiger partial charge in [0.1, 0.15) is 0 Å². The van der Waals surface area contributed by atoms with Crippen molar-refractivity contribution in [3.05, 3.63) is 77.9 Å². The number of nitrogens with zero attached hydrogens (tertiary/aromatic N) is 1. The van der Waals surface area contributed by atoms with Crippen LogP contribution in [0.4, 0.5) is 0 Å². The van der Waals surface area contributed by atoms with Crippen LogP contribution >= 0.6 is 0 Å². The average Bonchev–Trinajstić information content (AvgIpc) is 2.78. The van der Waals surface area contributed by atoms with Crippen LogP contribution in [0.2, 0.25) is 0 Å². The fourth-order valence-corrected chi connectivity index (χ4v) is 4.43. The number of hydrogen-bond donors (Lipinski definition) is 0. The van der Waals surface area contributed by atoms with E-state index in [9.17, 15) is 13.2 Å². The van der Waals surface area contributed by atoms with Gasteiger partial charge in [-0.2, -0.15) is 4.31 Å². The molecule has 124 valence electrons. The molecule has 0 aliphatic carbocycles. The monoisotopic (exact) mass is 341 g/mol. The van der Waals surface area contributed by atoms with E-state index in [0.29, 0.717) is 6.42 Å². The fraction of sp³-hybridized carbons (Fsp3) is 0.211. The van der Waals surface area contributed by atoms with E-state index in [-0.39, 0.29) is 23.3 Å². The van der Waals surface area contributed by atoms with Gasteiger partial charge in [0.05, 0.1) is 17.5 Å². The number of aryl methyl sites for hydroxylation is 1. The van der Waals surface area contributed by atoms with Crippen LogP contribution in [-0.4, -0.2) is 25.1 Å². The van der Waals surface area contributed by atoms with Crippen molar-refractivity contribution < 1.29 is 13.2 Å². The Bertz CT molecular complexity index is 855. The van der Waals surface area contributed by atoms with Crippen molar-refractivity contribution in [3.63, 3.8) is 0 Å². The Morgan fingerprint density at radius 1 is 1.00 bits per heavy atom. The molecule has 0 radical (unpaired) electrons. The molecule has 0 amide bonds. The summed E-state index contributed by atoms with van der Waals surface area (Å²) < 4.78 is 27.6. The van der Waals surface area contributed by atoms with E-state index in [1.54, 1.807) is 30.3 Å². The summed E-state index contributed by atoms with van der Waals surface area (Å²) in [5.74, 6) is -0.205. The first-order valence-corrected chi connectivity index (χ1v) is 9.25. The van der Waals surface area contributed by atoms with Crippen LogP contribution in [0.1, 0.15) is 23.6 Å². The minimum Gasteiger partial charge on any atom is -0.293 e. The molecule has 0 bridgehead atoms. The lowest BCUT2D eigenvalue weighted by Crippen LogP contribution is -2.37. The molecule has 1 aliphatic heterocycles. The van der Waals surface area contributed by atoms with Gasteiger partial charge in [0.25, 0.3) is 0 Å². The van der Waals surface area contributed by atoms with Crippen LogP contribution < -0.4 is 0 Å². The molecule has 1 atom stereocenters. The second kappa shape index (κ2) is 6.71. The molecule has 1 unspecified atom stereocenters. The van der Waals surface area contributed by atoms with Gasteiger partial charge >= 0.3 is 0 Å². The zero-order valence-electron chi connectivity index (χ0n) is 13.4. The number of hydrogen-bond acceptors (Lipinski definition) is 3. The number of benzene rings is 2. The summed E-state index contributed by atoms with van der Waals surface area (Å²) in [5, 5.41) is 0. The highest BCUT2D eigenvalue weighted by Crippen LogP contribution is 2.32. The van der Waals surface area contributed by atoms with Gasteiger partial charge in [-0.3, -0.25) is 4.79 Å². The van der Waals surface area contributed by atoms with E-state index in [1.165, 1.54) is 10.4 Å². The van der Waals surface area contributed by atoms with E-state index in [1.807, 2.05) is 37.3 Å². The van der Waals surface area contributed by atoms with Gasteiger partial charge < -0.3 is 0 Å². The molecule has 2 aromatic carbocycles. The summed E-state index contributed by atoms with van der Waals surface area (Å²) in [6.07, 6.45) is 3.70. The molecule has 0 aromatic heterocycles. The van der Waals surface area contributed by atoms with Crippen LogP contribution in [0, 0.1) is 6.92 Å². The highest BCUT2D eigenvalue weighted by atomic mass is 32.2. The quantitative estimate of drug-likeness (QED) is 0.861. The Kier molecular flexibility index (Phi) is 4.64. The lowest BCUT2D eigenvalue weighted by molar-refractivity contribution is -0.114. The van der Waals surface area contributed by atoms with Crippen molar-refractivity contribution in [1.29, 1.82) is 0 Å². The molecule has 0 spiro atoms. The molecule has 0 saturated carbocycles. The van der Waals surface area contributed by atoms with Gasteiger partial charge in [0.2, 0.25) is 10.0 Å². The molecule has 0 N–H and O–H groups in total. The first kappa shape index (κ1) is 16.6. The molecule has 5 heteroatoms. The molecule has 4 nitrogen and oxygen atoms in total. The fourth-order valence-electron chi connectivity index (χ4n) is 2.84. The van der Waals surface area contributed by atoms with Crippen LogP contribution in [0.3, 0.4) is 0 Å². The number of sulfonamides is 1. The van der Waals surface area contributed by atoms with Crippen molar-refractivity contribution in [2.75, 3.05) is 6.54 Å². The third-order valence-corrected chi connectivity index (χ3v) is 6.00. The lowest BCUT2D eigenvalue weighted by Gasteiger charge is -2.29. The minimum absolute atomic E-state index is 0.147. The van der Waals surface area contributed by atoms with E-state index in [4.69, 9.17) is 0 Å². The molecule has 3 rings (SSSR count). The molecule has 0 fully saturated rings. The second-order valence-corrected chi connectivity index (χ2v) is 7.78. The first-order chi connectivity index (χ1) is 11.5. The van der Waals surface area contributed by atoms with E-state index in [2.05, 4.69) is 0 Å². The van der Waals surface area contributed by atoms with Crippen molar-refractivity contribution in [1.82, 2.24) is 4.31 Å². The Balaban J connectivity index is 2.06. The molecule has 24 heavy (non-hydrogen) atoms. The van der Waals surface area contributed by atoms with Gasteiger partial charge in [-0.15, -0.1) is 0 Å². The molecular weight excluding hydrogens is 322 g/mol. The van der Waals surface area contributed by atoms with Crippen LogP contribution in [0.15, 0.2) is 71.6 Å². The largest absolute Gasteiger partial charge is 0.293 e. The van der Waals surface area contributed by atoms with Crippen molar-refractivity contribution in [2.24, 2.45) is 0 Å². The van der Waals surface area contributed by atoms with Crippen molar-refractivity contribution in [3.8, 4) is 0 Å². The van der Waals surface area contributed by atoms with E-state index in [0.717, 1.165) is 11.1 Å². The van der Waals surface area contributed by atoms with Gasteiger partial charge in [-0.05, 0) is 37.1 Å². The smallest absolute Gasteiger partial charge is 0.244 e. The molecule has 1 aliphatic rings. The Morgan fingerprint density at radius 2 is 1.67 bits per heavy atom. The van der Waals surface area contributed by atoms with Gasteiger partial charge in [0, 0.05) is 0 Å². The molecular formula is C19H19NO3S. The van der Waals surface area contributed by atoms with Gasteiger partial charge in [0.15, 0.2) is 5.78 Å². The van der Waals surface area contributed by atoms with Crippen LogP contribution in [0.5, 0.6) is 0 Å². The summed E-state index contributed by atoms with van der Waals surface area (Å²) in [4.78, 5) is 12.2. The van der Waals surface area contributed by atoms with Crippen molar-refractivity contribution >= 4 is 15.8 Å². The molecule has 0 saturated heterocycles. The van der Waals surface area contributed by atoms with Crippen LogP contribution in [0.25, 0.3) is 0 Å². The topological polar surface area (TPSA) is 54.5 Å². The zero-order valence-corrected chi connectivity index (χ0v) is 14.2. The Hall–Kier alpha value is -2.24. The lowest BCUT2D eigenvalue weighted by atomic mass is 10.0. The SMILES string of the molecule is Cc1ccc(S(=O)(=O)N2CC(=O)C=CCC2c2ccccc2)cc1. The Labute approximate surface area is 142 Å². The maximum Gasteiger partial charge on any atom is 0.244 e. The third-order valence-electron chi connectivity index (χ3n) is 4.13. The summed E-state index contributed by atoms with van der Waals surface area (Å²) in [6.45, 7) is 1.76. The van der Waals surface area contributed by atoms with Crippen LogP contribution in [-0.2, 0) is 14.8 Å². The highest BCUT2D eigenvalue weighted by Gasteiger charge is 2.34. The summed E-state index contributed by atoms with van der Waals surface area (Å²) in [5.41, 5.74) is 1.87. The summed E-state index contributed by atoms with van der Waals surface area (Å²) in [7, 11) is -3.76. The van der Waals surface area contributed by atoms with Gasteiger partial charge in [-0.1, -0.05) is 54.1 Å². The normalized spacial score (nSPS) is 19.2. The predicted octanol–water partition coefficient (Wildman–Crippen LogP) is 3.26. The maximum absolute atomic E-state index is 13.1. The Morgan fingerprint density at radius 3 is 2.33 bits per heavy atom. The van der Waals surface area contributed by atoms with Gasteiger partial charge in [-0.25, -0.2) is 8.42 Å². The standard InChI is InChI=1S/C19H19NO3S/c1-15-10-12-18(13-11-15)24(22,23)20-14-17(21)8-5-9-19(20)16-6-3-2-4-7-16/h2-8,10-13,19H,9,14H2,1H3. The summed E-state index contributed by atoms with van der Waals surface area (Å²) >= 11 is 0. The molecule has 1 heterocycles. The zero-order chi connectivity index (χ0) is 17.2. The number of carbonyl (C=O) groups is 1. The first-order valence-electron chi connectivity index (χ1n) is 7.81. The summed E-state index contributed by atoms with van der Waals surface area (Å²) in [6, 6.07) is 15.8. The number of carbonyl (C=O) groups excluding carboxylic acids is 1. The van der Waals surface area contributed by atoms with E-state index < -0.39 is 10.0 Å². The molecule has 2 aromatic rings. The van der Waals surface area contributed by atoms with Crippen molar-refractivity contribution in [2.45, 2.75) is 24.3 Å². The van der Waals surface area contributed by atoms with E-state index >= 15 is 0 Å². The minimum atomic E-state index is -3.76.